The molecule has 1 fully saturated rings. The van der Waals surface area contributed by atoms with Crippen LogP contribution >= 0.6 is 27.7 Å². The fourth-order valence-electron chi connectivity index (χ4n) is 2.28. The van der Waals surface area contributed by atoms with Crippen LogP contribution in [0.5, 0.6) is 0 Å². The SMILES string of the molecule is CSCCC(=O)NCC1CCCCC1CBr. The third-order valence-electron chi connectivity index (χ3n) is 3.36. The molecule has 1 aliphatic carbocycles. The first-order valence-electron chi connectivity index (χ1n) is 6.09. The van der Waals surface area contributed by atoms with Crippen molar-refractivity contribution in [3.63, 3.8) is 0 Å². The molecule has 0 bridgehead atoms. The van der Waals surface area contributed by atoms with E-state index < -0.39 is 0 Å². The number of alkyl halides is 1. The number of hydrogen-bond donors (Lipinski definition) is 1. The van der Waals surface area contributed by atoms with Crippen LogP contribution < -0.4 is 5.32 Å². The van der Waals surface area contributed by atoms with Crippen molar-refractivity contribution in [2.45, 2.75) is 32.1 Å². The van der Waals surface area contributed by atoms with Gasteiger partial charge in [0, 0.05) is 24.0 Å². The number of carbonyl (C=O) groups is 1. The maximum Gasteiger partial charge on any atom is 0.220 e. The van der Waals surface area contributed by atoms with Gasteiger partial charge in [0.05, 0.1) is 0 Å². The predicted octanol–water partition coefficient (Wildman–Crippen LogP) is 3.06. The summed E-state index contributed by atoms with van der Waals surface area (Å²) in [6.07, 6.45) is 7.97. The zero-order valence-corrected chi connectivity index (χ0v) is 12.4. The Morgan fingerprint density at radius 1 is 1.38 bits per heavy atom. The molecular formula is C12H22BrNOS. The number of nitrogens with one attached hydrogen (secondary N) is 1. The van der Waals surface area contributed by atoms with Crippen LogP contribution in [0.15, 0.2) is 0 Å². The summed E-state index contributed by atoms with van der Waals surface area (Å²) >= 11 is 5.31. The van der Waals surface area contributed by atoms with Gasteiger partial charge in [-0.05, 0) is 30.9 Å². The van der Waals surface area contributed by atoms with Gasteiger partial charge in [-0.2, -0.15) is 11.8 Å². The van der Waals surface area contributed by atoms with Gasteiger partial charge in [0.1, 0.15) is 0 Å². The molecule has 16 heavy (non-hydrogen) atoms. The van der Waals surface area contributed by atoms with Crippen LogP contribution in [0, 0.1) is 11.8 Å². The van der Waals surface area contributed by atoms with Crippen molar-refractivity contribution >= 4 is 33.6 Å². The van der Waals surface area contributed by atoms with Crippen molar-refractivity contribution in [2.75, 3.05) is 23.9 Å². The lowest BCUT2D eigenvalue weighted by Crippen LogP contribution is -2.34. The molecule has 1 aliphatic rings. The zero-order valence-electron chi connectivity index (χ0n) is 10.0. The molecule has 0 radical (unpaired) electrons. The minimum atomic E-state index is 0.216. The van der Waals surface area contributed by atoms with E-state index in [1.807, 2.05) is 6.26 Å². The Kier molecular flexibility index (Phi) is 7.54. The van der Waals surface area contributed by atoms with Crippen LogP contribution in [0.4, 0.5) is 0 Å². The molecule has 1 saturated carbocycles. The summed E-state index contributed by atoms with van der Waals surface area (Å²) in [4.78, 5) is 11.5. The first-order chi connectivity index (χ1) is 7.77. The molecule has 2 atom stereocenters. The Bertz CT molecular complexity index is 213. The summed E-state index contributed by atoms with van der Waals surface area (Å²) in [6.45, 7) is 0.878. The summed E-state index contributed by atoms with van der Waals surface area (Å²) in [6, 6.07) is 0. The normalized spacial score (nSPS) is 25.4. The van der Waals surface area contributed by atoms with Crippen molar-refractivity contribution in [3.05, 3.63) is 0 Å². The van der Waals surface area contributed by atoms with Gasteiger partial charge in [0.2, 0.25) is 5.91 Å². The van der Waals surface area contributed by atoms with E-state index in [4.69, 9.17) is 0 Å². The average molecular weight is 308 g/mol. The van der Waals surface area contributed by atoms with Crippen molar-refractivity contribution in [3.8, 4) is 0 Å². The molecule has 94 valence electrons. The average Bonchev–Trinajstić information content (AvgIpc) is 2.34. The number of amides is 1. The molecule has 1 rings (SSSR count). The standard InChI is InChI=1S/C12H22BrNOS/c1-16-7-6-12(15)14-9-11-5-3-2-4-10(11)8-13/h10-11H,2-9H2,1H3,(H,14,15). The lowest BCUT2D eigenvalue weighted by molar-refractivity contribution is -0.121. The highest BCUT2D eigenvalue weighted by molar-refractivity contribution is 9.09. The molecule has 2 nitrogen and oxygen atoms in total. The van der Waals surface area contributed by atoms with Crippen LogP contribution in [0.1, 0.15) is 32.1 Å². The molecule has 0 aromatic rings. The maximum absolute atomic E-state index is 11.5. The molecule has 0 spiro atoms. The van der Waals surface area contributed by atoms with Gasteiger partial charge >= 0.3 is 0 Å². The molecule has 0 saturated heterocycles. The summed E-state index contributed by atoms with van der Waals surface area (Å²) < 4.78 is 0. The van der Waals surface area contributed by atoms with E-state index in [1.165, 1.54) is 25.7 Å². The summed E-state index contributed by atoms with van der Waals surface area (Å²) in [5.41, 5.74) is 0. The number of thioether (sulfide) groups is 1. The minimum absolute atomic E-state index is 0.216. The first kappa shape index (κ1) is 14.4. The summed E-state index contributed by atoms with van der Waals surface area (Å²) in [7, 11) is 0. The van der Waals surface area contributed by atoms with Gasteiger partial charge in [-0.1, -0.05) is 28.8 Å². The zero-order chi connectivity index (χ0) is 11.8. The summed E-state index contributed by atoms with van der Waals surface area (Å²) in [5.74, 6) is 2.59. The Morgan fingerprint density at radius 2 is 2.06 bits per heavy atom. The molecule has 0 aromatic carbocycles. The van der Waals surface area contributed by atoms with E-state index in [0.29, 0.717) is 12.3 Å². The Morgan fingerprint density at radius 3 is 2.69 bits per heavy atom. The second-order valence-corrected chi connectivity index (χ2v) is 6.14. The van der Waals surface area contributed by atoms with Gasteiger partial charge in [0.15, 0.2) is 0 Å². The number of carbonyl (C=O) groups excluding carboxylic acids is 1. The van der Waals surface area contributed by atoms with E-state index >= 15 is 0 Å². The second-order valence-electron chi connectivity index (χ2n) is 4.51. The van der Waals surface area contributed by atoms with Crippen LogP contribution in [0.3, 0.4) is 0 Å². The van der Waals surface area contributed by atoms with E-state index in [1.54, 1.807) is 11.8 Å². The van der Waals surface area contributed by atoms with Crippen LogP contribution in [-0.2, 0) is 4.79 Å². The molecule has 4 heteroatoms. The molecule has 2 unspecified atom stereocenters. The van der Waals surface area contributed by atoms with Gasteiger partial charge in [-0.3, -0.25) is 4.79 Å². The lowest BCUT2D eigenvalue weighted by atomic mass is 9.80. The van der Waals surface area contributed by atoms with Crippen molar-refractivity contribution in [1.29, 1.82) is 0 Å². The fraction of sp³-hybridized carbons (Fsp3) is 0.917. The van der Waals surface area contributed by atoms with Crippen LogP contribution in [0.2, 0.25) is 0 Å². The lowest BCUT2D eigenvalue weighted by Gasteiger charge is -2.30. The van der Waals surface area contributed by atoms with Gasteiger partial charge < -0.3 is 5.32 Å². The van der Waals surface area contributed by atoms with Crippen LogP contribution in [-0.4, -0.2) is 29.8 Å². The Hall–Kier alpha value is 0.300. The predicted molar refractivity (Wildman–Crippen MR) is 75.3 cm³/mol. The van der Waals surface area contributed by atoms with E-state index in [9.17, 15) is 4.79 Å². The maximum atomic E-state index is 11.5. The molecular weight excluding hydrogens is 286 g/mol. The molecule has 0 heterocycles. The quantitative estimate of drug-likeness (QED) is 0.764. The Balaban J connectivity index is 2.21. The van der Waals surface area contributed by atoms with Gasteiger partial charge in [-0.25, -0.2) is 0 Å². The van der Waals surface area contributed by atoms with Crippen molar-refractivity contribution < 1.29 is 4.79 Å². The fourth-order valence-corrected chi connectivity index (χ4v) is 3.53. The van der Waals surface area contributed by atoms with E-state index in [0.717, 1.165) is 23.5 Å². The van der Waals surface area contributed by atoms with Gasteiger partial charge in [0.25, 0.3) is 0 Å². The number of halogens is 1. The summed E-state index contributed by atoms with van der Waals surface area (Å²) in [5, 5.41) is 4.16. The third kappa shape index (κ3) is 5.09. The highest BCUT2D eigenvalue weighted by atomic mass is 79.9. The first-order valence-corrected chi connectivity index (χ1v) is 8.61. The highest BCUT2D eigenvalue weighted by Gasteiger charge is 2.24. The van der Waals surface area contributed by atoms with E-state index in [2.05, 4.69) is 21.2 Å². The number of rotatable bonds is 6. The van der Waals surface area contributed by atoms with E-state index in [-0.39, 0.29) is 5.91 Å². The highest BCUT2D eigenvalue weighted by Crippen LogP contribution is 2.30. The molecule has 1 N–H and O–H groups in total. The van der Waals surface area contributed by atoms with Crippen LogP contribution in [0.25, 0.3) is 0 Å². The third-order valence-corrected chi connectivity index (χ3v) is 4.80. The number of hydrogen-bond acceptors (Lipinski definition) is 2. The minimum Gasteiger partial charge on any atom is -0.356 e. The smallest absolute Gasteiger partial charge is 0.220 e. The second kappa shape index (κ2) is 8.40. The van der Waals surface area contributed by atoms with Crippen molar-refractivity contribution in [2.24, 2.45) is 11.8 Å². The molecule has 1 amide bonds. The molecule has 0 aliphatic heterocycles. The molecule has 0 aromatic heterocycles. The largest absolute Gasteiger partial charge is 0.356 e. The Labute approximate surface area is 111 Å². The van der Waals surface area contributed by atoms with Crippen molar-refractivity contribution in [1.82, 2.24) is 5.32 Å². The monoisotopic (exact) mass is 307 g/mol. The topological polar surface area (TPSA) is 29.1 Å². The van der Waals surface area contributed by atoms with Gasteiger partial charge in [-0.15, -0.1) is 0 Å².